The molecule has 33 heavy (non-hydrogen) atoms. The number of ketones is 1. The van der Waals surface area contributed by atoms with Crippen LogP contribution in [0.15, 0.2) is 84.2 Å². The minimum absolute atomic E-state index is 0.104. The van der Waals surface area contributed by atoms with Gasteiger partial charge in [0.05, 0.1) is 11.4 Å². The number of amides is 2. The van der Waals surface area contributed by atoms with Crippen molar-refractivity contribution in [3.63, 3.8) is 0 Å². The van der Waals surface area contributed by atoms with Gasteiger partial charge in [-0.3, -0.25) is 19.4 Å². The van der Waals surface area contributed by atoms with Gasteiger partial charge in [0.15, 0.2) is 20.6 Å². The summed E-state index contributed by atoms with van der Waals surface area (Å²) in [6, 6.07) is 15.8. The van der Waals surface area contributed by atoms with Crippen LogP contribution in [0.4, 0.5) is 5.69 Å². The monoisotopic (exact) mass is 464 g/mol. The van der Waals surface area contributed by atoms with Crippen LogP contribution in [0.2, 0.25) is 0 Å². The van der Waals surface area contributed by atoms with Gasteiger partial charge in [-0.2, -0.15) is 0 Å². The molecule has 0 aliphatic carbocycles. The number of carbonyl (C=O) groups excluding carboxylic acids is 3. The van der Waals surface area contributed by atoms with Crippen molar-refractivity contribution in [1.82, 2.24) is 15.3 Å². The summed E-state index contributed by atoms with van der Waals surface area (Å²) in [6.45, 7) is -0.249. The highest BCUT2D eigenvalue weighted by Gasteiger charge is 2.18. The zero-order valence-electron chi connectivity index (χ0n) is 17.3. The Bertz CT molecular complexity index is 1260. The predicted molar refractivity (Wildman–Crippen MR) is 122 cm³/mol. The smallest absolute Gasteiger partial charge is 0.313 e. The average Bonchev–Trinajstić information content (AvgIpc) is 2.84. The van der Waals surface area contributed by atoms with Crippen LogP contribution < -0.4 is 10.6 Å². The number of nitrogens with zero attached hydrogens (tertiary/aromatic N) is 2. The molecule has 3 rings (SSSR count). The topological polar surface area (TPSA) is 135 Å². The number of carbonyl (C=O) groups is 3. The van der Waals surface area contributed by atoms with E-state index >= 15 is 0 Å². The van der Waals surface area contributed by atoms with E-state index in [2.05, 4.69) is 20.6 Å². The van der Waals surface area contributed by atoms with E-state index in [1.165, 1.54) is 42.6 Å². The van der Waals surface area contributed by atoms with Crippen molar-refractivity contribution in [3.05, 3.63) is 90.4 Å². The zero-order chi connectivity index (χ0) is 23.7. The minimum atomic E-state index is -3.68. The number of hydrogen-bond donors (Lipinski definition) is 2. The summed E-state index contributed by atoms with van der Waals surface area (Å²) in [6.07, 6.45) is 5.96. The fourth-order valence-corrected chi connectivity index (χ4v) is 3.74. The first-order valence-corrected chi connectivity index (χ1v) is 11.5. The minimum Gasteiger partial charge on any atom is -0.347 e. The maximum atomic E-state index is 12.2. The van der Waals surface area contributed by atoms with Gasteiger partial charge in [-0.1, -0.05) is 12.1 Å². The third-order valence-corrected chi connectivity index (χ3v) is 5.96. The Balaban J connectivity index is 1.49. The van der Waals surface area contributed by atoms with E-state index in [4.69, 9.17) is 0 Å². The van der Waals surface area contributed by atoms with Gasteiger partial charge in [0, 0.05) is 30.2 Å². The van der Waals surface area contributed by atoms with Crippen LogP contribution in [0.3, 0.4) is 0 Å². The van der Waals surface area contributed by atoms with E-state index in [1.54, 1.807) is 36.5 Å². The molecule has 1 aromatic carbocycles. The highest BCUT2D eigenvalue weighted by Crippen LogP contribution is 2.11. The molecule has 10 heteroatoms. The fraction of sp³-hybridized carbons (Fsp3) is 0.0870. The molecule has 0 spiro atoms. The van der Waals surface area contributed by atoms with Crippen molar-refractivity contribution < 1.29 is 22.8 Å². The molecular weight excluding hydrogens is 444 g/mol. The maximum absolute atomic E-state index is 12.2. The number of benzene rings is 1. The number of pyridine rings is 2. The molecular formula is C23H20N4O5S. The molecule has 2 aromatic heterocycles. The van der Waals surface area contributed by atoms with Gasteiger partial charge < -0.3 is 10.6 Å². The van der Waals surface area contributed by atoms with E-state index in [1.807, 2.05) is 6.07 Å². The lowest BCUT2D eigenvalue weighted by Crippen LogP contribution is -2.37. The van der Waals surface area contributed by atoms with E-state index in [-0.39, 0.29) is 17.4 Å². The molecule has 0 atom stereocenters. The van der Waals surface area contributed by atoms with Gasteiger partial charge in [-0.25, -0.2) is 13.4 Å². The van der Waals surface area contributed by atoms with Gasteiger partial charge in [-0.15, -0.1) is 0 Å². The second-order valence-electron chi connectivity index (χ2n) is 6.73. The average molecular weight is 465 g/mol. The van der Waals surface area contributed by atoms with Crippen molar-refractivity contribution in [2.24, 2.45) is 0 Å². The van der Waals surface area contributed by atoms with Crippen molar-refractivity contribution in [2.45, 2.75) is 5.03 Å². The Labute approximate surface area is 190 Å². The number of hydrogen-bond acceptors (Lipinski definition) is 7. The molecule has 2 heterocycles. The van der Waals surface area contributed by atoms with Crippen molar-refractivity contribution in [3.8, 4) is 0 Å². The van der Waals surface area contributed by atoms with Gasteiger partial charge in [0.2, 0.25) is 0 Å². The molecule has 3 aromatic rings. The summed E-state index contributed by atoms with van der Waals surface area (Å²) in [5, 5.41) is 4.55. The molecule has 0 fully saturated rings. The van der Waals surface area contributed by atoms with Crippen LogP contribution in [-0.2, 0) is 19.4 Å². The molecule has 0 radical (unpaired) electrons. The SMILES string of the molecule is O=C(NCCS(=O)(=O)c1ccccn1)C(=O)Nc1ccc(C(=O)/C=C/c2ccccn2)cc1. The van der Waals surface area contributed by atoms with Gasteiger partial charge in [0.25, 0.3) is 0 Å². The lowest BCUT2D eigenvalue weighted by atomic mass is 10.1. The highest BCUT2D eigenvalue weighted by molar-refractivity contribution is 7.91. The lowest BCUT2D eigenvalue weighted by Gasteiger charge is -2.07. The van der Waals surface area contributed by atoms with Crippen molar-refractivity contribution >= 4 is 39.2 Å². The normalized spacial score (nSPS) is 11.2. The van der Waals surface area contributed by atoms with Gasteiger partial charge in [-0.05, 0) is 60.7 Å². The number of nitrogens with one attached hydrogen (secondary N) is 2. The number of rotatable bonds is 8. The van der Waals surface area contributed by atoms with Crippen molar-refractivity contribution in [1.29, 1.82) is 0 Å². The zero-order valence-corrected chi connectivity index (χ0v) is 18.2. The second-order valence-corrected chi connectivity index (χ2v) is 8.78. The quantitative estimate of drug-likeness (QED) is 0.295. The lowest BCUT2D eigenvalue weighted by molar-refractivity contribution is -0.136. The van der Waals surface area contributed by atoms with E-state index in [9.17, 15) is 22.8 Å². The number of anilines is 1. The Morgan fingerprint density at radius 2 is 1.55 bits per heavy atom. The third-order valence-electron chi connectivity index (χ3n) is 4.34. The third kappa shape index (κ3) is 6.91. The number of sulfone groups is 1. The highest BCUT2D eigenvalue weighted by atomic mass is 32.2. The van der Waals surface area contributed by atoms with Crippen LogP contribution in [0.5, 0.6) is 0 Å². The maximum Gasteiger partial charge on any atom is 0.313 e. The largest absolute Gasteiger partial charge is 0.347 e. The summed E-state index contributed by atoms with van der Waals surface area (Å²) in [7, 11) is -3.68. The molecule has 2 N–H and O–H groups in total. The molecule has 0 bridgehead atoms. The molecule has 0 aliphatic heterocycles. The first-order valence-electron chi connectivity index (χ1n) is 9.82. The van der Waals surface area contributed by atoms with E-state index in [0.29, 0.717) is 16.9 Å². The fourth-order valence-electron chi connectivity index (χ4n) is 2.65. The standard InChI is InChI=1S/C23H20N4O5S/c28-20(12-11-18-5-1-3-13-24-18)17-7-9-19(10-8-17)27-23(30)22(29)26-15-16-33(31,32)21-6-2-4-14-25-21/h1-14H,15-16H2,(H,26,29)(H,27,30)/b12-11+. The number of aromatic nitrogens is 2. The Kier molecular flexibility index (Phi) is 7.77. The van der Waals surface area contributed by atoms with Gasteiger partial charge in [0.1, 0.15) is 0 Å². The van der Waals surface area contributed by atoms with E-state index in [0.717, 1.165) is 0 Å². The van der Waals surface area contributed by atoms with E-state index < -0.39 is 27.4 Å². The van der Waals surface area contributed by atoms with Crippen LogP contribution in [0, 0.1) is 0 Å². The molecule has 168 valence electrons. The molecule has 2 amide bonds. The van der Waals surface area contributed by atoms with Crippen LogP contribution >= 0.6 is 0 Å². The Morgan fingerprint density at radius 3 is 2.18 bits per heavy atom. The summed E-state index contributed by atoms with van der Waals surface area (Å²) < 4.78 is 24.3. The van der Waals surface area contributed by atoms with Crippen molar-refractivity contribution in [2.75, 3.05) is 17.6 Å². The molecule has 0 unspecified atom stereocenters. The summed E-state index contributed by atoms with van der Waals surface area (Å²) >= 11 is 0. The molecule has 9 nitrogen and oxygen atoms in total. The van der Waals surface area contributed by atoms with Crippen LogP contribution in [-0.4, -0.2) is 48.3 Å². The van der Waals surface area contributed by atoms with Gasteiger partial charge >= 0.3 is 11.8 Å². The second kappa shape index (κ2) is 10.9. The molecule has 0 aliphatic rings. The first-order chi connectivity index (χ1) is 15.8. The summed E-state index contributed by atoms with van der Waals surface area (Å²) in [5.41, 5.74) is 1.35. The predicted octanol–water partition coefficient (Wildman–Crippen LogP) is 1.90. The Morgan fingerprint density at radius 1 is 0.848 bits per heavy atom. The molecule has 0 saturated carbocycles. The summed E-state index contributed by atoms with van der Waals surface area (Å²) in [4.78, 5) is 44.1. The number of allylic oxidation sites excluding steroid dienone is 1. The summed E-state index contributed by atoms with van der Waals surface area (Å²) in [5.74, 6) is -2.58. The first kappa shape index (κ1) is 23.5. The molecule has 0 saturated heterocycles. The Hall–Kier alpha value is -4.18. The van der Waals surface area contributed by atoms with Crippen LogP contribution in [0.25, 0.3) is 6.08 Å². The van der Waals surface area contributed by atoms with Crippen LogP contribution in [0.1, 0.15) is 16.1 Å².